The van der Waals surface area contributed by atoms with Gasteiger partial charge in [-0.2, -0.15) is 0 Å². The smallest absolute Gasteiger partial charge is 0.180 e. The highest BCUT2D eigenvalue weighted by Gasteiger charge is 2.44. The van der Waals surface area contributed by atoms with Crippen LogP contribution in [0.15, 0.2) is 315 Å². The Morgan fingerprint density at radius 2 is 0.592 bits per heavy atom. The quantitative estimate of drug-likeness (QED) is 0.0903. The number of rotatable bonds is 11. The second-order valence-corrected chi connectivity index (χ2v) is 27.5. The molecule has 0 aliphatic heterocycles. The Hall–Kier alpha value is -9.33. The standard InChI is InChI=1S/C72H52N2Si2/c1-7-27-53(28-8-1)54-29-23-41-61(51-54)76(59-37-15-5-16-38-59,60-39-17-6-18-40-60)70-50-26-49-69-72(70)64-44-20-22-46-66(64)74(69)68-48-25-47-67-71(68)63-43-19-21-45-65(63)73(67)55-30-24-42-62(52-55)75(56-31-9-2-10-32-56,57-33-11-3-12-34-57)58-35-13-4-14-36-58/h1-52H. The topological polar surface area (TPSA) is 9.86 Å². The molecular formula is C72H52N2Si2. The van der Waals surface area contributed by atoms with E-state index >= 15 is 0 Å². The fourth-order valence-electron chi connectivity index (χ4n) is 12.9. The molecule has 0 saturated heterocycles. The molecule has 12 aromatic carbocycles. The molecule has 0 spiro atoms. The lowest BCUT2D eigenvalue weighted by Crippen LogP contribution is -2.74. The van der Waals surface area contributed by atoms with Crippen molar-refractivity contribution in [1.29, 1.82) is 0 Å². The average molecular weight is 1000 g/mol. The van der Waals surface area contributed by atoms with E-state index < -0.39 is 16.1 Å². The molecule has 4 heteroatoms. The molecular weight excluding hydrogens is 949 g/mol. The number of benzene rings is 12. The van der Waals surface area contributed by atoms with Crippen molar-refractivity contribution in [2.75, 3.05) is 0 Å². The normalized spacial score (nSPS) is 11.9. The van der Waals surface area contributed by atoms with Gasteiger partial charge in [0.25, 0.3) is 0 Å². The summed E-state index contributed by atoms with van der Waals surface area (Å²) in [5, 5.41) is 15.8. The SMILES string of the molecule is c1ccc(-c2cccc([Si](c3ccccc3)(c3ccccc3)c3cccc4c3c3ccccc3n4-c3cccc4c3c3ccccc3n4-c3cccc([Si](c4ccccc4)(c4ccccc4)c4ccccc4)c3)c2)cc1. The third-order valence-electron chi connectivity index (χ3n) is 16.0. The number of para-hydroxylation sites is 2. The summed E-state index contributed by atoms with van der Waals surface area (Å²) in [6, 6.07) is 118. The molecule has 0 unspecified atom stereocenters. The summed E-state index contributed by atoms with van der Waals surface area (Å²) >= 11 is 0. The minimum Gasteiger partial charge on any atom is -0.309 e. The van der Waals surface area contributed by atoms with Gasteiger partial charge in [0.05, 0.1) is 27.8 Å². The summed E-state index contributed by atoms with van der Waals surface area (Å²) in [4.78, 5) is 0. The number of fused-ring (bicyclic) bond motifs is 6. The zero-order chi connectivity index (χ0) is 50.5. The van der Waals surface area contributed by atoms with Gasteiger partial charge in [0.2, 0.25) is 0 Å². The van der Waals surface area contributed by atoms with E-state index in [4.69, 9.17) is 0 Å². The van der Waals surface area contributed by atoms with Crippen LogP contribution in [0.4, 0.5) is 0 Å². The first-order chi connectivity index (χ1) is 37.7. The highest BCUT2D eigenvalue weighted by atomic mass is 28.3. The van der Waals surface area contributed by atoms with Crippen molar-refractivity contribution in [1.82, 2.24) is 9.13 Å². The minimum atomic E-state index is -3.08. The predicted molar refractivity (Wildman–Crippen MR) is 328 cm³/mol. The third kappa shape index (κ3) is 7.06. The first kappa shape index (κ1) is 45.3. The van der Waals surface area contributed by atoms with Gasteiger partial charge < -0.3 is 9.13 Å². The minimum absolute atomic E-state index is 1.14. The van der Waals surface area contributed by atoms with Gasteiger partial charge in [-0.25, -0.2) is 0 Å². The fourth-order valence-corrected chi connectivity index (χ4v) is 22.7. The second-order valence-electron chi connectivity index (χ2n) is 19.9. The van der Waals surface area contributed by atoms with Crippen molar-refractivity contribution in [3.05, 3.63) is 315 Å². The maximum absolute atomic E-state index is 3.08. The van der Waals surface area contributed by atoms with Gasteiger partial charge in [-0.15, -0.1) is 0 Å². The van der Waals surface area contributed by atoms with Gasteiger partial charge in [-0.1, -0.05) is 273 Å². The average Bonchev–Trinajstić information content (AvgIpc) is 4.09. The molecule has 2 aromatic heterocycles. The van der Waals surface area contributed by atoms with Crippen molar-refractivity contribution in [3.63, 3.8) is 0 Å². The lowest BCUT2D eigenvalue weighted by atomic mass is 10.1. The molecule has 14 aromatic rings. The monoisotopic (exact) mass is 1000 g/mol. The fraction of sp³-hybridized carbons (Fsp3) is 0. The van der Waals surface area contributed by atoms with Crippen molar-refractivity contribution in [2.45, 2.75) is 0 Å². The molecule has 358 valence electrons. The first-order valence-electron chi connectivity index (χ1n) is 26.3. The Labute approximate surface area is 445 Å². The summed E-state index contributed by atoms with van der Waals surface area (Å²) in [7, 11) is -5.90. The molecule has 2 nitrogen and oxygen atoms in total. The van der Waals surface area contributed by atoms with E-state index in [1.54, 1.807) is 0 Å². The van der Waals surface area contributed by atoms with Crippen LogP contribution in [-0.2, 0) is 0 Å². The molecule has 76 heavy (non-hydrogen) atoms. The maximum Gasteiger partial charge on any atom is 0.180 e. The molecule has 0 radical (unpaired) electrons. The third-order valence-corrected chi connectivity index (χ3v) is 25.6. The molecule has 2 heterocycles. The maximum atomic E-state index is 2.57. The summed E-state index contributed by atoms with van der Waals surface area (Å²) in [6.45, 7) is 0. The van der Waals surface area contributed by atoms with Gasteiger partial charge in [0, 0.05) is 27.2 Å². The van der Waals surface area contributed by atoms with E-state index in [9.17, 15) is 0 Å². The van der Waals surface area contributed by atoms with E-state index in [0.29, 0.717) is 0 Å². The molecule has 0 fully saturated rings. The van der Waals surface area contributed by atoms with Crippen LogP contribution in [0.1, 0.15) is 0 Å². The largest absolute Gasteiger partial charge is 0.309 e. The van der Waals surface area contributed by atoms with E-state index in [0.717, 1.165) is 11.4 Å². The van der Waals surface area contributed by atoms with E-state index in [1.165, 1.54) is 96.2 Å². The van der Waals surface area contributed by atoms with Gasteiger partial charge >= 0.3 is 0 Å². The Morgan fingerprint density at radius 3 is 1.14 bits per heavy atom. The van der Waals surface area contributed by atoms with E-state index in [-0.39, 0.29) is 0 Å². The van der Waals surface area contributed by atoms with Gasteiger partial charge in [-0.05, 0) is 95.1 Å². The highest BCUT2D eigenvalue weighted by Crippen LogP contribution is 2.40. The Bertz CT molecular complexity index is 4240. The summed E-state index contributed by atoms with van der Waals surface area (Å²) in [5.41, 5.74) is 9.45. The van der Waals surface area contributed by atoms with Crippen molar-refractivity contribution in [2.24, 2.45) is 0 Å². The van der Waals surface area contributed by atoms with Crippen molar-refractivity contribution in [3.8, 4) is 22.5 Å². The summed E-state index contributed by atoms with van der Waals surface area (Å²) in [6.07, 6.45) is 0. The Kier molecular flexibility index (Phi) is 11.2. The number of hydrogen-bond acceptors (Lipinski definition) is 0. The highest BCUT2D eigenvalue weighted by molar-refractivity contribution is 7.21. The Morgan fingerprint density at radius 1 is 0.224 bits per heavy atom. The van der Waals surface area contributed by atoms with Gasteiger partial charge in [0.15, 0.2) is 16.1 Å². The molecule has 0 aliphatic rings. The van der Waals surface area contributed by atoms with E-state index in [1.807, 2.05) is 0 Å². The van der Waals surface area contributed by atoms with Crippen LogP contribution in [-0.4, -0.2) is 25.3 Å². The second kappa shape index (κ2) is 18.9. The van der Waals surface area contributed by atoms with Crippen LogP contribution >= 0.6 is 0 Å². The van der Waals surface area contributed by atoms with Crippen molar-refractivity contribution < 1.29 is 0 Å². The number of aromatic nitrogens is 2. The lowest BCUT2D eigenvalue weighted by molar-refractivity contribution is 1.17. The molecule has 0 amide bonds. The zero-order valence-electron chi connectivity index (χ0n) is 41.9. The molecule has 0 N–H and O–H groups in total. The van der Waals surface area contributed by atoms with Gasteiger partial charge in [0.1, 0.15) is 0 Å². The van der Waals surface area contributed by atoms with Crippen LogP contribution in [0, 0.1) is 0 Å². The molecule has 0 atom stereocenters. The summed E-state index contributed by atoms with van der Waals surface area (Å²) < 4.78 is 5.08. The van der Waals surface area contributed by atoms with Crippen molar-refractivity contribution >= 4 is 101 Å². The van der Waals surface area contributed by atoms with E-state index in [2.05, 4.69) is 325 Å². The van der Waals surface area contributed by atoms with Crippen LogP contribution in [0.2, 0.25) is 0 Å². The van der Waals surface area contributed by atoms with Gasteiger partial charge in [-0.3, -0.25) is 0 Å². The van der Waals surface area contributed by atoms with Crippen LogP contribution in [0.25, 0.3) is 66.1 Å². The van der Waals surface area contributed by atoms with Crippen LogP contribution < -0.4 is 41.5 Å². The molecule has 14 rings (SSSR count). The summed E-state index contributed by atoms with van der Waals surface area (Å²) in [5.74, 6) is 0. The number of hydrogen-bond donors (Lipinski definition) is 0. The Balaban J connectivity index is 1.04. The molecule has 0 bridgehead atoms. The lowest BCUT2D eigenvalue weighted by Gasteiger charge is -2.35. The first-order valence-corrected chi connectivity index (χ1v) is 30.3. The van der Waals surface area contributed by atoms with Crippen LogP contribution in [0.5, 0.6) is 0 Å². The predicted octanol–water partition coefficient (Wildman–Crippen LogP) is 12.3. The number of nitrogens with zero attached hydrogens (tertiary/aromatic N) is 2. The zero-order valence-corrected chi connectivity index (χ0v) is 43.9. The molecule has 0 aliphatic carbocycles. The molecule has 0 saturated carbocycles. The van der Waals surface area contributed by atoms with Crippen LogP contribution in [0.3, 0.4) is 0 Å².